The molecule has 29 heavy (non-hydrogen) atoms. The monoisotopic (exact) mass is 409 g/mol. The first-order valence-electron chi connectivity index (χ1n) is 8.69. The summed E-state index contributed by atoms with van der Waals surface area (Å²) in [4.78, 5) is 24.5. The molecule has 0 bridgehead atoms. The maximum Gasteiger partial charge on any atom is 0.323 e. The van der Waals surface area contributed by atoms with Gasteiger partial charge in [0.1, 0.15) is 5.75 Å². The van der Waals surface area contributed by atoms with Gasteiger partial charge in [0.25, 0.3) is 5.91 Å². The maximum atomic E-state index is 12.6. The lowest BCUT2D eigenvalue weighted by atomic mass is 10.00. The van der Waals surface area contributed by atoms with Gasteiger partial charge in [0, 0.05) is 22.5 Å². The summed E-state index contributed by atoms with van der Waals surface area (Å²) in [6.45, 7) is -0.0924. The van der Waals surface area contributed by atoms with Crippen molar-refractivity contribution in [1.29, 1.82) is 0 Å². The summed E-state index contributed by atoms with van der Waals surface area (Å²) >= 11 is 6.14. The number of rotatable bonds is 3. The number of methoxy groups -OCH3 is 1. The Balaban J connectivity index is 1.77. The van der Waals surface area contributed by atoms with Gasteiger partial charge in [0.05, 0.1) is 18.7 Å². The maximum absolute atomic E-state index is 12.6. The minimum absolute atomic E-state index is 0.0632. The van der Waals surface area contributed by atoms with Crippen LogP contribution in [0.5, 0.6) is 11.6 Å². The Kier molecular flexibility index (Phi) is 4.57. The number of carbonyl (C=O) groups excluding carboxylic acids is 2. The topological polar surface area (TPSA) is 92.6 Å². The molecule has 0 unspecified atom stereocenters. The molecule has 1 saturated heterocycles. The summed E-state index contributed by atoms with van der Waals surface area (Å²) < 4.78 is 6.66. The molecule has 3 aromatic rings. The fourth-order valence-electron chi connectivity index (χ4n) is 3.20. The number of aromatic nitrogens is 1. The lowest BCUT2D eigenvalue weighted by Gasteiger charge is -2.20. The highest BCUT2D eigenvalue weighted by Gasteiger charge is 2.46. The predicted molar refractivity (Wildman–Crippen MR) is 108 cm³/mol. The molecule has 1 aliphatic heterocycles. The van der Waals surface area contributed by atoms with Gasteiger partial charge in [-0.1, -0.05) is 35.6 Å². The van der Waals surface area contributed by atoms with Crippen LogP contribution in [0.25, 0.3) is 10.8 Å². The van der Waals surface area contributed by atoms with Crippen molar-refractivity contribution in [2.45, 2.75) is 12.1 Å². The Morgan fingerprint density at radius 1 is 1.24 bits per heavy atom. The van der Waals surface area contributed by atoms with Gasteiger partial charge in [-0.15, -0.1) is 0 Å². The molecule has 0 radical (unpaired) electrons. The molecule has 1 atom stereocenters. The smallest absolute Gasteiger partial charge is 0.323 e. The molecule has 0 spiro atoms. The molecule has 8 heteroatoms. The van der Waals surface area contributed by atoms with E-state index in [2.05, 4.69) is 22.5 Å². The summed E-state index contributed by atoms with van der Waals surface area (Å²) in [6.07, 6.45) is 1.68. The first-order valence-corrected chi connectivity index (χ1v) is 9.07. The molecule has 7 nitrogen and oxygen atoms in total. The van der Waals surface area contributed by atoms with Crippen LogP contribution in [0.15, 0.2) is 48.7 Å². The quantitative estimate of drug-likeness (QED) is 0.458. The van der Waals surface area contributed by atoms with Crippen LogP contribution in [0, 0.1) is 11.8 Å². The Hall–Kier alpha value is -3.63. The SMILES string of the molecule is COc1ccc2cn(C[C@@]3(C#Cc4ccccc4Cl)NC(=O)NC3=O)c(O)c2c1. The van der Waals surface area contributed by atoms with Gasteiger partial charge < -0.3 is 19.7 Å². The van der Waals surface area contributed by atoms with Crippen molar-refractivity contribution >= 4 is 34.3 Å². The van der Waals surface area contributed by atoms with Crippen LogP contribution in [-0.4, -0.2) is 34.3 Å². The van der Waals surface area contributed by atoms with E-state index in [1.54, 1.807) is 48.7 Å². The molecular formula is C21H16ClN3O4. The number of urea groups is 1. The second-order valence-electron chi connectivity index (χ2n) is 6.58. The highest BCUT2D eigenvalue weighted by atomic mass is 35.5. The van der Waals surface area contributed by atoms with Crippen LogP contribution >= 0.6 is 11.6 Å². The van der Waals surface area contributed by atoms with E-state index >= 15 is 0 Å². The number of ether oxygens (including phenoxy) is 1. The normalized spacial score (nSPS) is 18.1. The number of hydrogen-bond donors (Lipinski definition) is 3. The van der Waals surface area contributed by atoms with Crippen LogP contribution in [0.1, 0.15) is 5.56 Å². The van der Waals surface area contributed by atoms with Crippen molar-refractivity contribution in [2.24, 2.45) is 0 Å². The standard InChI is InChI=1S/C21H16ClN3O4/c1-29-15-7-6-14-11-25(18(26)16(14)10-15)12-21(19(27)23-20(28)24-21)9-8-13-4-2-3-5-17(13)22/h2-7,10-11,26H,12H2,1H3,(H2,23,24,27,28)/t21-/m1/s1. The van der Waals surface area contributed by atoms with E-state index in [0.717, 1.165) is 5.39 Å². The average Bonchev–Trinajstić information content (AvgIpc) is 3.16. The van der Waals surface area contributed by atoms with E-state index < -0.39 is 17.5 Å². The highest BCUT2D eigenvalue weighted by Crippen LogP contribution is 2.32. The number of carbonyl (C=O) groups is 2. The van der Waals surface area contributed by atoms with E-state index in [4.69, 9.17) is 16.3 Å². The van der Waals surface area contributed by atoms with Gasteiger partial charge in [-0.3, -0.25) is 10.1 Å². The number of nitrogens with one attached hydrogen (secondary N) is 2. The zero-order chi connectivity index (χ0) is 20.6. The van der Waals surface area contributed by atoms with E-state index in [1.807, 2.05) is 0 Å². The minimum Gasteiger partial charge on any atom is -0.497 e. The highest BCUT2D eigenvalue weighted by molar-refractivity contribution is 6.31. The first-order chi connectivity index (χ1) is 13.9. The predicted octanol–water partition coefficient (Wildman–Crippen LogP) is 2.64. The van der Waals surface area contributed by atoms with E-state index in [0.29, 0.717) is 21.7 Å². The average molecular weight is 410 g/mol. The zero-order valence-corrected chi connectivity index (χ0v) is 16.1. The summed E-state index contributed by atoms with van der Waals surface area (Å²) in [6, 6.07) is 11.5. The second kappa shape index (κ2) is 7.08. The van der Waals surface area contributed by atoms with Crippen LogP contribution in [0.3, 0.4) is 0 Å². The van der Waals surface area contributed by atoms with Crippen molar-refractivity contribution in [3.05, 3.63) is 59.2 Å². The molecule has 146 valence electrons. The van der Waals surface area contributed by atoms with Crippen LogP contribution in [0.4, 0.5) is 4.79 Å². The van der Waals surface area contributed by atoms with E-state index in [-0.39, 0.29) is 12.4 Å². The van der Waals surface area contributed by atoms with Gasteiger partial charge in [-0.05, 0) is 30.3 Å². The van der Waals surface area contributed by atoms with E-state index in [1.165, 1.54) is 11.7 Å². The molecule has 2 heterocycles. The number of nitrogens with zero attached hydrogens (tertiary/aromatic N) is 1. The molecule has 1 aliphatic rings. The lowest BCUT2D eigenvalue weighted by molar-refractivity contribution is -0.122. The number of imide groups is 1. The number of hydrogen-bond acceptors (Lipinski definition) is 4. The molecule has 1 fully saturated rings. The summed E-state index contributed by atoms with van der Waals surface area (Å²) in [5.41, 5.74) is -1.04. The molecule has 0 saturated carbocycles. The first kappa shape index (κ1) is 18.7. The van der Waals surface area contributed by atoms with Crippen LogP contribution in [-0.2, 0) is 11.3 Å². The molecule has 3 amide bonds. The lowest BCUT2D eigenvalue weighted by Crippen LogP contribution is -2.49. The fraction of sp³-hybridized carbons (Fsp3) is 0.143. The second-order valence-corrected chi connectivity index (χ2v) is 6.98. The van der Waals surface area contributed by atoms with Gasteiger partial charge in [0.15, 0.2) is 5.88 Å². The Bertz CT molecular complexity index is 1210. The van der Waals surface area contributed by atoms with Crippen molar-refractivity contribution in [3.8, 4) is 23.5 Å². The third kappa shape index (κ3) is 3.35. The number of fused-ring (bicyclic) bond motifs is 1. The number of aromatic hydroxyl groups is 1. The van der Waals surface area contributed by atoms with Crippen LogP contribution in [0.2, 0.25) is 5.02 Å². The molecule has 2 aromatic carbocycles. The van der Waals surface area contributed by atoms with Crippen molar-refractivity contribution in [3.63, 3.8) is 0 Å². The third-order valence-electron chi connectivity index (χ3n) is 4.70. The van der Waals surface area contributed by atoms with Crippen LogP contribution < -0.4 is 15.4 Å². The van der Waals surface area contributed by atoms with Gasteiger partial charge in [-0.25, -0.2) is 4.79 Å². The molecule has 0 aliphatic carbocycles. The van der Waals surface area contributed by atoms with Gasteiger partial charge in [-0.2, -0.15) is 0 Å². The molecule has 1 aromatic heterocycles. The van der Waals surface area contributed by atoms with Crippen molar-refractivity contribution in [2.75, 3.05) is 7.11 Å². The Morgan fingerprint density at radius 2 is 2.03 bits per heavy atom. The minimum atomic E-state index is -1.56. The summed E-state index contributed by atoms with van der Waals surface area (Å²) in [5, 5.41) is 17.2. The Morgan fingerprint density at radius 3 is 2.72 bits per heavy atom. The summed E-state index contributed by atoms with van der Waals surface area (Å²) in [5.74, 6) is 5.63. The van der Waals surface area contributed by atoms with Gasteiger partial charge in [0.2, 0.25) is 5.54 Å². The summed E-state index contributed by atoms with van der Waals surface area (Å²) in [7, 11) is 1.53. The van der Waals surface area contributed by atoms with E-state index in [9.17, 15) is 14.7 Å². The fourth-order valence-corrected chi connectivity index (χ4v) is 3.38. The number of benzene rings is 2. The molecular weight excluding hydrogens is 394 g/mol. The number of amides is 3. The Labute approximate surface area is 171 Å². The molecule has 3 N–H and O–H groups in total. The molecule has 4 rings (SSSR count). The number of halogens is 1. The van der Waals surface area contributed by atoms with Crippen molar-refractivity contribution < 1.29 is 19.4 Å². The third-order valence-corrected chi connectivity index (χ3v) is 5.03. The largest absolute Gasteiger partial charge is 0.497 e. The van der Waals surface area contributed by atoms with Crippen molar-refractivity contribution in [1.82, 2.24) is 15.2 Å². The van der Waals surface area contributed by atoms with Gasteiger partial charge >= 0.3 is 6.03 Å². The zero-order valence-electron chi connectivity index (χ0n) is 15.3.